The van der Waals surface area contributed by atoms with Gasteiger partial charge in [0, 0.05) is 12.2 Å². The van der Waals surface area contributed by atoms with Crippen molar-refractivity contribution in [2.45, 2.75) is 13.3 Å². The lowest BCUT2D eigenvalue weighted by Crippen LogP contribution is -2.08. The molecule has 0 amide bonds. The number of nitrogens with one attached hydrogen (secondary N) is 2. The van der Waals surface area contributed by atoms with Gasteiger partial charge in [0.25, 0.3) is 0 Å². The van der Waals surface area contributed by atoms with E-state index in [1.165, 1.54) is 5.56 Å². The van der Waals surface area contributed by atoms with Crippen molar-refractivity contribution in [2.24, 2.45) is 0 Å². The average Bonchev–Trinajstić information content (AvgIpc) is 2.70. The largest absolute Gasteiger partial charge is 0.497 e. The number of rotatable bonds is 9. The Labute approximate surface area is 158 Å². The van der Waals surface area contributed by atoms with Gasteiger partial charge in [0.05, 0.1) is 19.9 Å². The van der Waals surface area contributed by atoms with Crippen LogP contribution in [0.5, 0.6) is 11.5 Å². The normalized spacial score (nSPS) is 10.3. The topological polar surface area (TPSA) is 81.2 Å². The van der Waals surface area contributed by atoms with Gasteiger partial charge in [-0.1, -0.05) is 12.1 Å². The number of ether oxygens (including phenoxy) is 2. The fourth-order valence-corrected chi connectivity index (χ4v) is 2.53. The van der Waals surface area contributed by atoms with Gasteiger partial charge in [-0.2, -0.15) is 10.1 Å². The summed E-state index contributed by atoms with van der Waals surface area (Å²) in [4.78, 5) is 4.44. The number of anilines is 3. The van der Waals surface area contributed by atoms with E-state index in [2.05, 4.69) is 31.9 Å². The molecule has 7 nitrogen and oxygen atoms in total. The third-order valence-electron chi connectivity index (χ3n) is 3.83. The molecule has 0 aliphatic heterocycles. The zero-order valence-electron chi connectivity index (χ0n) is 15.5. The van der Waals surface area contributed by atoms with E-state index in [0.29, 0.717) is 18.4 Å². The SMILES string of the molecule is CCOc1ccc(Nc2nncc(NCCc3cccc(OC)c3)n2)cc1. The molecule has 1 heterocycles. The van der Waals surface area contributed by atoms with Gasteiger partial charge < -0.3 is 20.1 Å². The van der Waals surface area contributed by atoms with Crippen LogP contribution in [0.3, 0.4) is 0 Å². The molecule has 0 spiro atoms. The Kier molecular flexibility index (Phi) is 6.40. The quantitative estimate of drug-likeness (QED) is 0.599. The predicted molar refractivity (Wildman–Crippen MR) is 106 cm³/mol. The van der Waals surface area contributed by atoms with Crippen LogP contribution in [0.15, 0.2) is 54.7 Å². The standard InChI is InChI=1S/C20H23N5O2/c1-3-27-17-9-7-16(8-10-17)23-20-24-19(14-22-25-20)21-12-11-15-5-4-6-18(13-15)26-2/h4-10,13-14H,3,11-12H2,1-2H3,(H2,21,23,24,25). The molecule has 0 fully saturated rings. The lowest BCUT2D eigenvalue weighted by molar-refractivity contribution is 0.340. The molecule has 0 bridgehead atoms. The van der Waals surface area contributed by atoms with Crippen LogP contribution in [-0.4, -0.2) is 35.4 Å². The maximum absolute atomic E-state index is 5.44. The molecule has 0 saturated carbocycles. The van der Waals surface area contributed by atoms with E-state index in [-0.39, 0.29) is 0 Å². The number of hydrogen-bond donors (Lipinski definition) is 2. The van der Waals surface area contributed by atoms with Gasteiger partial charge in [0.1, 0.15) is 11.5 Å². The predicted octanol–water partition coefficient (Wildman–Crippen LogP) is 3.68. The second-order valence-corrected chi connectivity index (χ2v) is 5.78. The Bertz CT molecular complexity index is 855. The molecule has 1 aromatic heterocycles. The monoisotopic (exact) mass is 365 g/mol. The van der Waals surface area contributed by atoms with E-state index in [9.17, 15) is 0 Å². The summed E-state index contributed by atoms with van der Waals surface area (Å²) in [5, 5.41) is 14.4. The molecule has 7 heteroatoms. The van der Waals surface area contributed by atoms with Gasteiger partial charge in [-0.3, -0.25) is 0 Å². The van der Waals surface area contributed by atoms with Crippen LogP contribution in [0.4, 0.5) is 17.5 Å². The van der Waals surface area contributed by atoms with Crippen molar-refractivity contribution < 1.29 is 9.47 Å². The van der Waals surface area contributed by atoms with Crippen LogP contribution in [0.1, 0.15) is 12.5 Å². The molecule has 27 heavy (non-hydrogen) atoms. The molecule has 2 N–H and O–H groups in total. The summed E-state index contributed by atoms with van der Waals surface area (Å²) in [5.41, 5.74) is 2.06. The Morgan fingerprint density at radius 3 is 2.67 bits per heavy atom. The molecule has 0 aliphatic rings. The van der Waals surface area contributed by atoms with Gasteiger partial charge >= 0.3 is 0 Å². The number of aromatic nitrogens is 3. The van der Waals surface area contributed by atoms with Crippen molar-refractivity contribution in [3.63, 3.8) is 0 Å². The zero-order valence-corrected chi connectivity index (χ0v) is 15.5. The van der Waals surface area contributed by atoms with E-state index in [0.717, 1.165) is 30.2 Å². The lowest BCUT2D eigenvalue weighted by Gasteiger charge is -2.09. The van der Waals surface area contributed by atoms with Gasteiger partial charge in [-0.05, 0) is 55.3 Å². The number of nitrogens with zero attached hydrogens (tertiary/aromatic N) is 3. The molecule has 0 aliphatic carbocycles. The molecule has 0 atom stereocenters. The van der Waals surface area contributed by atoms with Gasteiger partial charge in [-0.15, -0.1) is 5.10 Å². The highest BCUT2D eigenvalue weighted by atomic mass is 16.5. The van der Waals surface area contributed by atoms with Gasteiger partial charge in [0.2, 0.25) is 5.95 Å². The summed E-state index contributed by atoms with van der Waals surface area (Å²) in [5.74, 6) is 2.79. The molecule has 0 unspecified atom stereocenters. The molecule has 3 rings (SSSR count). The molecular formula is C20H23N5O2. The number of benzene rings is 2. The van der Waals surface area contributed by atoms with Crippen molar-refractivity contribution in [1.29, 1.82) is 0 Å². The minimum Gasteiger partial charge on any atom is -0.497 e. The fourth-order valence-electron chi connectivity index (χ4n) is 2.53. The first-order chi connectivity index (χ1) is 13.3. The first-order valence-corrected chi connectivity index (χ1v) is 8.83. The minimum atomic E-state index is 0.436. The maximum Gasteiger partial charge on any atom is 0.249 e. The third kappa shape index (κ3) is 5.57. The van der Waals surface area contributed by atoms with E-state index in [4.69, 9.17) is 9.47 Å². The zero-order chi connectivity index (χ0) is 18.9. The molecule has 2 aromatic carbocycles. The Hall–Kier alpha value is -3.35. The van der Waals surface area contributed by atoms with Gasteiger partial charge in [0.15, 0.2) is 5.82 Å². The average molecular weight is 365 g/mol. The Morgan fingerprint density at radius 2 is 1.89 bits per heavy atom. The fraction of sp³-hybridized carbons (Fsp3) is 0.250. The third-order valence-corrected chi connectivity index (χ3v) is 3.83. The number of hydrogen-bond acceptors (Lipinski definition) is 7. The first kappa shape index (κ1) is 18.4. The van der Waals surface area contributed by atoms with Gasteiger partial charge in [-0.25, -0.2) is 0 Å². The van der Waals surface area contributed by atoms with Crippen molar-refractivity contribution in [1.82, 2.24) is 15.2 Å². The summed E-state index contributed by atoms with van der Waals surface area (Å²) in [6.07, 6.45) is 2.46. The van der Waals surface area contributed by atoms with Crippen LogP contribution >= 0.6 is 0 Å². The van der Waals surface area contributed by atoms with E-state index in [1.807, 2.05) is 49.4 Å². The van der Waals surface area contributed by atoms with Crippen LogP contribution in [0, 0.1) is 0 Å². The smallest absolute Gasteiger partial charge is 0.249 e. The molecule has 140 valence electrons. The van der Waals surface area contributed by atoms with Crippen molar-refractivity contribution in [3.05, 3.63) is 60.3 Å². The van der Waals surface area contributed by atoms with E-state index < -0.39 is 0 Å². The summed E-state index contributed by atoms with van der Waals surface area (Å²) in [6, 6.07) is 15.6. The summed E-state index contributed by atoms with van der Waals surface area (Å²) < 4.78 is 10.7. The lowest BCUT2D eigenvalue weighted by atomic mass is 10.1. The van der Waals surface area contributed by atoms with Crippen LogP contribution in [0.2, 0.25) is 0 Å². The van der Waals surface area contributed by atoms with E-state index in [1.54, 1.807) is 13.3 Å². The van der Waals surface area contributed by atoms with Crippen molar-refractivity contribution in [3.8, 4) is 11.5 Å². The molecule has 3 aromatic rings. The summed E-state index contributed by atoms with van der Waals surface area (Å²) >= 11 is 0. The summed E-state index contributed by atoms with van der Waals surface area (Å²) in [6.45, 7) is 3.33. The Balaban J connectivity index is 1.55. The number of methoxy groups -OCH3 is 1. The summed E-state index contributed by atoms with van der Waals surface area (Å²) in [7, 11) is 1.67. The second kappa shape index (κ2) is 9.38. The molecule has 0 saturated heterocycles. The van der Waals surface area contributed by atoms with Crippen LogP contribution in [-0.2, 0) is 6.42 Å². The molecule has 0 radical (unpaired) electrons. The maximum atomic E-state index is 5.44. The van der Waals surface area contributed by atoms with E-state index >= 15 is 0 Å². The minimum absolute atomic E-state index is 0.436. The second-order valence-electron chi connectivity index (χ2n) is 5.78. The van der Waals surface area contributed by atoms with Crippen LogP contribution in [0.25, 0.3) is 0 Å². The van der Waals surface area contributed by atoms with Crippen LogP contribution < -0.4 is 20.1 Å². The highest BCUT2D eigenvalue weighted by Gasteiger charge is 2.03. The molecular weight excluding hydrogens is 342 g/mol. The van der Waals surface area contributed by atoms with Crippen molar-refractivity contribution in [2.75, 3.05) is 30.9 Å². The van der Waals surface area contributed by atoms with Crippen molar-refractivity contribution >= 4 is 17.5 Å². The highest BCUT2D eigenvalue weighted by molar-refractivity contribution is 5.55. The highest BCUT2D eigenvalue weighted by Crippen LogP contribution is 2.18. The Morgan fingerprint density at radius 1 is 1.04 bits per heavy atom. The first-order valence-electron chi connectivity index (χ1n) is 8.83.